The number of piperidine rings is 1. The van der Waals surface area contributed by atoms with E-state index in [0.717, 1.165) is 23.7 Å². The van der Waals surface area contributed by atoms with Crippen LogP contribution in [0.2, 0.25) is 5.02 Å². The molecule has 0 spiro atoms. The lowest BCUT2D eigenvalue weighted by atomic mass is 10.0. The normalized spacial score (nSPS) is 20.6. The Bertz CT molecular complexity index is 504. The summed E-state index contributed by atoms with van der Waals surface area (Å²) in [4.78, 5) is 5.27. The van der Waals surface area contributed by atoms with Gasteiger partial charge in [0, 0.05) is 0 Å². The summed E-state index contributed by atoms with van der Waals surface area (Å²) in [5.74, 6) is 1.26. The first kappa shape index (κ1) is 11.2. The van der Waals surface area contributed by atoms with Crippen molar-refractivity contribution in [2.45, 2.75) is 25.3 Å². The van der Waals surface area contributed by atoms with E-state index in [1.807, 2.05) is 11.4 Å². The van der Waals surface area contributed by atoms with Crippen LogP contribution < -0.4 is 5.32 Å². The Morgan fingerprint density at radius 1 is 1.47 bits per heavy atom. The molecule has 3 rings (SSSR count). The lowest BCUT2D eigenvalue weighted by Gasteiger charge is -2.19. The molecule has 1 aliphatic heterocycles. The van der Waals surface area contributed by atoms with E-state index in [0.29, 0.717) is 10.9 Å². The van der Waals surface area contributed by atoms with Crippen molar-refractivity contribution in [2.24, 2.45) is 0 Å². The maximum absolute atomic E-state index is 6.04. The summed E-state index contributed by atoms with van der Waals surface area (Å²) in [6, 6.07) is 2.06. The van der Waals surface area contributed by atoms with Gasteiger partial charge in [-0.2, -0.15) is 4.98 Å². The average Bonchev–Trinajstić information content (AvgIpc) is 2.98. The molecule has 2 aromatic heterocycles. The van der Waals surface area contributed by atoms with Gasteiger partial charge in [-0.1, -0.05) is 23.2 Å². The zero-order valence-corrected chi connectivity index (χ0v) is 10.7. The second-order valence-corrected chi connectivity index (χ2v) is 5.38. The molecule has 1 aliphatic rings. The molecule has 2 aromatic rings. The molecule has 3 heterocycles. The Labute approximate surface area is 108 Å². The van der Waals surface area contributed by atoms with Crippen LogP contribution in [0.25, 0.3) is 10.8 Å². The topological polar surface area (TPSA) is 51.0 Å². The SMILES string of the molecule is Clc1ccsc1-c1nc(C2CCCCN2)no1. The second kappa shape index (κ2) is 4.76. The molecule has 1 unspecified atom stereocenters. The maximum Gasteiger partial charge on any atom is 0.269 e. The number of hydrogen-bond donors (Lipinski definition) is 1. The van der Waals surface area contributed by atoms with E-state index in [9.17, 15) is 0 Å². The van der Waals surface area contributed by atoms with Crippen molar-refractivity contribution in [3.8, 4) is 10.8 Å². The summed E-state index contributed by atoms with van der Waals surface area (Å²) in [5, 5.41) is 10.0. The molecular formula is C11H12ClN3OS. The van der Waals surface area contributed by atoms with E-state index in [1.165, 1.54) is 24.2 Å². The van der Waals surface area contributed by atoms with Gasteiger partial charge in [-0.3, -0.25) is 0 Å². The molecule has 0 amide bonds. The van der Waals surface area contributed by atoms with Crippen LogP contribution >= 0.6 is 22.9 Å². The van der Waals surface area contributed by atoms with Crippen molar-refractivity contribution >= 4 is 22.9 Å². The molecule has 0 aliphatic carbocycles. The third-order valence-electron chi connectivity index (χ3n) is 2.88. The summed E-state index contributed by atoms with van der Waals surface area (Å²) in [5.41, 5.74) is 0. The monoisotopic (exact) mass is 269 g/mol. The second-order valence-electron chi connectivity index (χ2n) is 4.06. The van der Waals surface area contributed by atoms with E-state index in [2.05, 4.69) is 15.5 Å². The summed E-state index contributed by atoms with van der Waals surface area (Å²) >= 11 is 7.55. The number of hydrogen-bond acceptors (Lipinski definition) is 5. The van der Waals surface area contributed by atoms with Crippen molar-refractivity contribution in [2.75, 3.05) is 6.54 Å². The van der Waals surface area contributed by atoms with Gasteiger partial charge in [-0.25, -0.2) is 0 Å². The number of nitrogens with zero attached hydrogens (tertiary/aromatic N) is 2. The number of aromatic nitrogens is 2. The summed E-state index contributed by atoms with van der Waals surface area (Å²) in [7, 11) is 0. The molecule has 4 nitrogen and oxygen atoms in total. The number of thiophene rings is 1. The predicted molar refractivity (Wildman–Crippen MR) is 67.2 cm³/mol. The molecule has 0 aromatic carbocycles. The number of halogens is 1. The van der Waals surface area contributed by atoms with Crippen molar-refractivity contribution in [1.29, 1.82) is 0 Å². The quantitative estimate of drug-likeness (QED) is 0.909. The van der Waals surface area contributed by atoms with Gasteiger partial charge in [0.15, 0.2) is 5.82 Å². The van der Waals surface area contributed by atoms with Crippen LogP contribution in [0.4, 0.5) is 0 Å². The first-order valence-electron chi connectivity index (χ1n) is 5.65. The smallest absolute Gasteiger partial charge is 0.269 e. The average molecular weight is 270 g/mol. The zero-order valence-electron chi connectivity index (χ0n) is 9.15. The lowest BCUT2D eigenvalue weighted by molar-refractivity contribution is 0.367. The van der Waals surface area contributed by atoms with Gasteiger partial charge >= 0.3 is 0 Å². The fourth-order valence-corrected chi connectivity index (χ4v) is 3.04. The van der Waals surface area contributed by atoms with Crippen molar-refractivity contribution in [1.82, 2.24) is 15.5 Å². The van der Waals surface area contributed by atoms with E-state index in [4.69, 9.17) is 16.1 Å². The third kappa shape index (κ3) is 2.22. The van der Waals surface area contributed by atoms with Crippen molar-refractivity contribution in [3.63, 3.8) is 0 Å². The molecular weight excluding hydrogens is 258 g/mol. The van der Waals surface area contributed by atoms with Crippen LogP contribution in [0.15, 0.2) is 16.0 Å². The molecule has 0 radical (unpaired) electrons. The molecule has 1 fully saturated rings. The Kier molecular flexibility index (Phi) is 3.13. The minimum absolute atomic E-state index is 0.222. The molecule has 17 heavy (non-hydrogen) atoms. The van der Waals surface area contributed by atoms with Crippen LogP contribution in [-0.4, -0.2) is 16.7 Å². The first-order valence-corrected chi connectivity index (χ1v) is 6.91. The van der Waals surface area contributed by atoms with Gasteiger partial charge in [0.05, 0.1) is 11.1 Å². The molecule has 1 N–H and O–H groups in total. The van der Waals surface area contributed by atoms with Gasteiger partial charge in [0.1, 0.15) is 4.88 Å². The van der Waals surface area contributed by atoms with E-state index in [1.54, 1.807) is 0 Å². The molecule has 1 saturated heterocycles. The standard InChI is InChI=1S/C11H12ClN3OS/c12-7-4-6-17-9(7)11-14-10(15-16-11)8-3-1-2-5-13-8/h4,6,8,13H,1-3,5H2. The minimum Gasteiger partial charge on any atom is -0.333 e. The first-order chi connectivity index (χ1) is 8.34. The van der Waals surface area contributed by atoms with Crippen molar-refractivity contribution < 1.29 is 4.52 Å². The molecule has 6 heteroatoms. The summed E-state index contributed by atoms with van der Waals surface area (Å²) in [6.45, 7) is 1.02. The highest BCUT2D eigenvalue weighted by Crippen LogP contribution is 2.33. The van der Waals surface area contributed by atoms with Gasteiger partial charge in [0.2, 0.25) is 0 Å². The third-order valence-corrected chi connectivity index (χ3v) is 4.20. The fourth-order valence-electron chi connectivity index (χ4n) is 1.99. The lowest BCUT2D eigenvalue weighted by Crippen LogP contribution is -2.27. The Morgan fingerprint density at radius 3 is 3.12 bits per heavy atom. The Hall–Kier alpha value is -0.910. The van der Waals surface area contributed by atoms with Gasteiger partial charge in [0.25, 0.3) is 5.89 Å². The molecule has 0 bridgehead atoms. The van der Waals surface area contributed by atoms with E-state index in [-0.39, 0.29) is 6.04 Å². The highest BCUT2D eigenvalue weighted by molar-refractivity contribution is 7.14. The van der Waals surface area contributed by atoms with Crippen LogP contribution in [-0.2, 0) is 0 Å². The van der Waals surface area contributed by atoms with Crippen LogP contribution in [0.1, 0.15) is 31.1 Å². The van der Waals surface area contributed by atoms with E-state index < -0.39 is 0 Å². The minimum atomic E-state index is 0.222. The zero-order chi connectivity index (χ0) is 11.7. The largest absolute Gasteiger partial charge is 0.333 e. The van der Waals surface area contributed by atoms with E-state index >= 15 is 0 Å². The van der Waals surface area contributed by atoms with Crippen LogP contribution in [0.3, 0.4) is 0 Å². The number of rotatable bonds is 2. The number of nitrogens with one attached hydrogen (secondary N) is 1. The maximum atomic E-state index is 6.04. The summed E-state index contributed by atoms with van der Waals surface area (Å²) < 4.78 is 5.27. The van der Waals surface area contributed by atoms with Gasteiger partial charge in [-0.15, -0.1) is 11.3 Å². The molecule has 0 saturated carbocycles. The van der Waals surface area contributed by atoms with Gasteiger partial charge < -0.3 is 9.84 Å². The highest BCUT2D eigenvalue weighted by Gasteiger charge is 2.21. The van der Waals surface area contributed by atoms with Crippen LogP contribution in [0, 0.1) is 0 Å². The highest BCUT2D eigenvalue weighted by atomic mass is 35.5. The van der Waals surface area contributed by atoms with Crippen molar-refractivity contribution in [3.05, 3.63) is 22.3 Å². The predicted octanol–water partition coefficient (Wildman–Crippen LogP) is 3.27. The summed E-state index contributed by atoms with van der Waals surface area (Å²) in [6.07, 6.45) is 3.50. The van der Waals surface area contributed by atoms with Crippen LogP contribution in [0.5, 0.6) is 0 Å². The molecule has 1 atom stereocenters. The fraction of sp³-hybridized carbons (Fsp3) is 0.455. The van der Waals surface area contributed by atoms with Gasteiger partial charge in [-0.05, 0) is 30.8 Å². The Balaban J connectivity index is 1.85. The Morgan fingerprint density at radius 2 is 2.41 bits per heavy atom. The molecule has 90 valence electrons.